The molecule has 0 aromatic rings. The molecule has 0 rings (SSSR count). The molecule has 0 saturated carbocycles. The molecule has 0 heterocycles. The molecule has 0 spiro atoms. The van der Waals surface area contributed by atoms with Crippen molar-refractivity contribution in [3.8, 4) is 0 Å². The van der Waals surface area contributed by atoms with Crippen LogP contribution in [0, 0.1) is 0 Å². The molecule has 0 aliphatic rings. The number of carboxylic acid groups (broad SMARTS) is 2. The van der Waals surface area contributed by atoms with Crippen molar-refractivity contribution in [2.24, 2.45) is 0 Å². The van der Waals surface area contributed by atoms with Gasteiger partial charge in [-0.15, -0.1) is 0 Å². The number of hydrogen-bond acceptors (Lipinski definition) is 8. The first-order valence-electron chi connectivity index (χ1n) is 9.61. The highest BCUT2D eigenvalue weighted by atomic mass is 16.6. The number of carboxylic acids is 2. The van der Waals surface area contributed by atoms with Gasteiger partial charge in [-0.25, -0.2) is 0 Å². The first kappa shape index (κ1) is 27.2. The fraction of sp³-hybridized carbons (Fsp3) is 0.833. The van der Waals surface area contributed by atoms with Crippen LogP contribution in [0.2, 0.25) is 0 Å². The number of carbonyl (C=O) groups is 3. The standard InChI is InChI=1S/C18H33NO10/c20-16(2-3-17(21)22)19-5-1-6-25-8-10-27-12-14-29-15-13-28-11-9-26-7-4-18(23)24/h1-15H2,(H,19,20)(H,21,22)(H,23,24). The Morgan fingerprint density at radius 3 is 1.41 bits per heavy atom. The van der Waals surface area contributed by atoms with Crippen LogP contribution in [0.4, 0.5) is 0 Å². The topological polar surface area (TPSA) is 150 Å². The monoisotopic (exact) mass is 423 g/mol. The SMILES string of the molecule is O=C(O)CCOCCOCCOCCOCCOCCCNC(=O)CCC(=O)O. The van der Waals surface area contributed by atoms with Gasteiger partial charge in [-0.1, -0.05) is 0 Å². The highest BCUT2D eigenvalue weighted by Gasteiger charge is 2.04. The maximum Gasteiger partial charge on any atom is 0.305 e. The number of nitrogens with one attached hydrogen (secondary N) is 1. The summed E-state index contributed by atoms with van der Waals surface area (Å²) >= 11 is 0. The Hall–Kier alpha value is -1.79. The van der Waals surface area contributed by atoms with E-state index in [1.54, 1.807) is 0 Å². The van der Waals surface area contributed by atoms with E-state index in [1.165, 1.54) is 0 Å². The van der Waals surface area contributed by atoms with Crippen molar-refractivity contribution >= 4 is 17.8 Å². The molecule has 0 radical (unpaired) electrons. The van der Waals surface area contributed by atoms with Crippen molar-refractivity contribution in [2.75, 3.05) is 72.6 Å². The Morgan fingerprint density at radius 2 is 0.966 bits per heavy atom. The molecule has 0 unspecified atom stereocenters. The highest BCUT2D eigenvalue weighted by Crippen LogP contribution is 1.90. The van der Waals surface area contributed by atoms with E-state index in [9.17, 15) is 14.4 Å². The summed E-state index contributed by atoms with van der Waals surface area (Å²) in [5, 5.41) is 19.5. The summed E-state index contributed by atoms with van der Waals surface area (Å²) in [6, 6.07) is 0. The van der Waals surface area contributed by atoms with Crippen molar-refractivity contribution in [3.05, 3.63) is 0 Å². The minimum Gasteiger partial charge on any atom is -0.481 e. The van der Waals surface area contributed by atoms with Crippen molar-refractivity contribution in [3.63, 3.8) is 0 Å². The van der Waals surface area contributed by atoms with Crippen molar-refractivity contribution in [1.29, 1.82) is 0 Å². The van der Waals surface area contributed by atoms with Crippen LogP contribution >= 0.6 is 0 Å². The van der Waals surface area contributed by atoms with Crippen molar-refractivity contribution in [2.45, 2.75) is 25.7 Å². The molecule has 0 bridgehead atoms. The van der Waals surface area contributed by atoms with Gasteiger partial charge < -0.3 is 39.2 Å². The molecule has 0 saturated heterocycles. The van der Waals surface area contributed by atoms with Gasteiger partial charge >= 0.3 is 11.9 Å². The average molecular weight is 423 g/mol. The lowest BCUT2D eigenvalue weighted by Crippen LogP contribution is -2.25. The fourth-order valence-electron chi connectivity index (χ4n) is 1.85. The zero-order valence-corrected chi connectivity index (χ0v) is 16.8. The Bertz CT molecular complexity index is 433. The number of amides is 1. The minimum absolute atomic E-state index is 0.0114. The summed E-state index contributed by atoms with van der Waals surface area (Å²) in [4.78, 5) is 31.8. The van der Waals surface area contributed by atoms with Gasteiger partial charge in [0.05, 0.1) is 72.3 Å². The van der Waals surface area contributed by atoms with Gasteiger partial charge in [0.25, 0.3) is 0 Å². The predicted molar refractivity (Wildman–Crippen MR) is 101 cm³/mol. The third-order valence-corrected chi connectivity index (χ3v) is 3.30. The van der Waals surface area contributed by atoms with Crippen LogP contribution in [0.5, 0.6) is 0 Å². The summed E-state index contributed by atoms with van der Waals surface area (Å²) in [6.07, 6.45) is 0.456. The first-order valence-corrected chi connectivity index (χ1v) is 9.61. The molecule has 3 N–H and O–H groups in total. The van der Waals surface area contributed by atoms with Crippen molar-refractivity contribution in [1.82, 2.24) is 5.32 Å². The van der Waals surface area contributed by atoms with E-state index in [1.807, 2.05) is 0 Å². The second-order valence-corrected chi connectivity index (χ2v) is 5.80. The molecule has 0 aliphatic heterocycles. The third kappa shape index (κ3) is 24.2. The molecular formula is C18H33NO10. The molecule has 11 heteroatoms. The van der Waals surface area contributed by atoms with E-state index < -0.39 is 11.9 Å². The molecule has 0 fully saturated rings. The van der Waals surface area contributed by atoms with E-state index in [2.05, 4.69) is 5.32 Å². The van der Waals surface area contributed by atoms with Gasteiger partial charge in [0.1, 0.15) is 0 Å². The van der Waals surface area contributed by atoms with Crippen LogP contribution in [0.3, 0.4) is 0 Å². The number of hydrogen-bond donors (Lipinski definition) is 3. The molecule has 170 valence electrons. The van der Waals surface area contributed by atoms with Gasteiger partial charge in [0, 0.05) is 19.6 Å². The maximum absolute atomic E-state index is 11.3. The summed E-state index contributed by atoms with van der Waals surface area (Å²) in [7, 11) is 0. The zero-order valence-electron chi connectivity index (χ0n) is 16.8. The van der Waals surface area contributed by atoms with Crippen LogP contribution in [0.1, 0.15) is 25.7 Å². The molecule has 29 heavy (non-hydrogen) atoms. The van der Waals surface area contributed by atoms with Gasteiger partial charge in [0.2, 0.25) is 5.91 Å². The summed E-state index contributed by atoms with van der Waals surface area (Å²) in [6.45, 7) is 4.50. The van der Waals surface area contributed by atoms with Crippen LogP contribution in [0.25, 0.3) is 0 Å². The lowest BCUT2D eigenvalue weighted by atomic mass is 10.3. The minimum atomic E-state index is -0.987. The van der Waals surface area contributed by atoms with E-state index in [-0.39, 0.29) is 31.8 Å². The second-order valence-electron chi connectivity index (χ2n) is 5.80. The Labute approximate surface area is 170 Å². The normalized spacial score (nSPS) is 10.8. The molecule has 11 nitrogen and oxygen atoms in total. The van der Waals surface area contributed by atoms with E-state index in [0.717, 1.165) is 0 Å². The highest BCUT2D eigenvalue weighted by molar-refractivity contribution is 5.80. The summed E-state index contributed by atoms with van der Waals surface area (Å²) in [5.41, 5.74) is 0. The number of ether oxygens (including phenoxy) is 5. The van der Waals surface area contributed by atoms with Gasteiger partial charge in [-0.3, -0.25) is 14.4 Å². The number of aliphatic carboxylic acids is 2. The van der Waals surface area contributed by atoms with Crippen molar-refractivity contribution < 1.29 is 48.3 Å². The molecule has 1 amide bonds. The van der Waals surface area contributed by atoms with Gasteiger partial charge in [-0.05, 0) is 6.42 Å². The largest absolute Gasteiger partial charge is 0.481 e. The van der Waals surface area contributed by atoms with Gasteiger partial charge in [0.15, 0.2) is 0 Å². The Balaban J connectivity index is 3.11. The smallest absolute Gasteiger partial charge is 0.305 e. The van der Waals surface area contributed by atoms with Gasteiger partial charge in [-0.2, -0.15) is 0 Å². The molecule has 0 aliphatic carbocycles. The molecular weight excluding hydrogens is 390 g/mol. The summed E-state index contributed by atoms with van der Waals surface area (Å²) < 4.78 is 26.3. The second kappa shape index (κ2) is 20.9. The zero-order chi connectivity index (χ0) is 21.6. The van der Waals surface area contributed by atoms with E-state index in [4.69, 9.17) is 33.9 Å². The quantitative estimate of drug-likeness (QED) is 0.202. The molecule has 0 atom stereocenters. The predicted octanol–water partition coefficient (Wildman–Crippen LogP) is -0.0848. The number of carbonyl (C=O) groups excluding carboxylic acids is 1. The molecule has 0 aromatic heterocycles. The summed E-state index contributed by atoms with van der Waals surface area (Å²) in [5.74, 6) is -2.14. The lowest BCUT2D eigenvalue weighted by molar-refractivity contribution is -0.139. The number of rotatable bonds is 22. The first-order chi connectivity index (χ1) is 14.0. The van der Waals surface area contributed by atoms with E-state index in [0.29, 0.717) is 72.4 Å². The Morgan fingerprint density at radius 1 is 0.552 bits per heavy atom. The maximum atomic E-state index is 11.3. The van der Waals surface area contributed by atoms with Crippen LogP contribution < -0.4 is 5.32 Å². The van der Waals surface area contributed by atoms with E-state index >= 15 is 0 Å². The fourth-order valence-corrected chi connectivity index (χ4v) is 1.85. The van der Waals surface area contributed by atoms with Crippen LogP contribution in [-0.2, 0) is 38.1 Å². The third-order valence-electron chi connectivity index (χ3n) is 3.30. The average Bonchev–Trinajstić information content (AvgIpc) is 2.67. The Kier molecular flexibility index (Phi) is 19.6. The van der Waals surface area contributed by atoms with Crippen LogP contribution in [0.15, 0.2) is 0 Å². The molecule has 0 aromatic carbocycles. The van der Waals surface area contributed by atoms with Crippen LogP contribution in [-0.4, -0.2) is 101 Å². The lowest BCUT2D eigenvalue weighted by Gasteiger charge is -2.08.